The summed E-state index contributed by atoms with van der Waals surface area (Å²) in [5.41, 5.74) is 3.05. The zero-order valence-corrected chi connectivity index (χ0v) is 15.9. The molecule has 2 aromatic heterocycles. The molecule has 5 nitrogen and oxygen atoms in total. The number of H-pyrrole nitrogens is 1. The second kappa shape index (κ2) is 7.04. The third kappa shape index (κ3) is 3.32. The fourth-order valence-corrected chi connectivity index (χ4v) is 3.43. The van der Waals surface area contributed by atoms with E-state index in [0.717, 1.165) is 10.8 Å². The first-order chi connectivity index (χ1) is 14.2. The van der Waals surface area contributed by atoms with E-state index in [2.05, 4.69) is 15.3 Å². The van der Waals surface area contributed by atoms with Gasteiger partial charge in [0, 0.05) is 16.2 Å². The van der Waals surface area contributed by atoms with E-state index in [1.54, 1.807) is 24.4 Å². The van der Waals surface area contributed by atoms with Crippen LogP contribution in [0, 0.1) is 0 Å². The van der Waals surface area contributed by atoms with Gasteiger partial charge in [-0.1, -0.05) is 41.9 Å². The van der Waals surface area contributed by atoms with Crippen molar-refractivity contribution in [3.05, 3.63) is 89.6 Å². The summed E-state index contributed by atoms with van der Waals surface area (Å²) in [4.78, 5) is 20.2. The first-order valence-corrected chi connectivity index (χ1v) is 9.42. The number of nitrogens with one attached hydrogen (secondary N) is 2. The minimum atomic E-state index is -0.199. The molecular weight excluding hydrogens is 386 g/mol. The maximum absolute atomic E-state index is 12.7. The molecule has 0 fully saturated rings. The highest BCUT2D eigenvalue weighted by atomic mass is 35.5. The van der Waals surface area contributed by atoms with Gasteiger partial charge in [0.1, 0.15) is 0 Å². The summed E-state index contributed by atoms with van der Waals surface area (Å²) in [6, 6.07) is 22.4. The van der Waals surface area contributed by atoms with Crippen LogP contribution in [0.4, 0.5) is 5.69 Å². The molecule has 0 unspecified atom stereocenters. The second-order valence-corrected chi connectivity index (χ2v) is 7.02. The van der Waals surface area contributed by atoms with Gasteiger partial charge in [0.25, 0.3) is 5.91 Å². The van der Waals surface area contributed by atoms with Gasteiger partial charge in [0.15, 0.2) is 0 Å². The Hall–Kier alpha value is -3.70. The predicted molar refractivity (Wildman–Crippen MR) is 113 cm³/mol. The van der Waals surface area contributed by atoms with E-state index >= 15 is 0 Å². The number of benzene rings is 3. The molecule has 2 N–H and O–H groups in total. The van der Waals surface area contributed by atoms with Crippen molar-refractivity contribution in [2.24, 2.45) is 0 Å². The van der Waals surface area contributed by atoms with E-state index in [-0.39, 0.29) is 5.91 Å². The van der Waals surface area contributed by atoms with Crippen molar-refractivity contribution in [1.29, 1.82) is 0 Å². The Morgan fingerprint density at radius 2 is 1.83 bits per heavy atom. The summed E-state index contributed by atoms with van der Waals surface area (Å²) >= 11 is 6.35. The molecule has 5 rings (SSSR count). The number of fused-ring (bicyclic) bond motifs is 2. The highest BCUT2D eigenvalue weighted by molar-refractivity contribution is 6.33. The molecule has 3 aromatic carbocycles. The van der Waals surface area contributed by atoms with Crippen LogP contribution in [0.1, 0.15) is 10.4 Å². The highest BCUT2D eigenvalue weighted by Crippen LogP contribution is 2.31. The van der Waals surface area contributed by atoms with Crippen LogP contribution in [0.2, 0.25) is 5.02 Å². The largest absolute Gasteiger partial charge is 0.411 e. The van der Waals surface area contributed by atoms with Crippen LogP contribution in [-0.4, -0.2) is 10.9 Å². The zero-order chi connectivity index (χ0) is 19.8. The van der Waals surface area contributed by atoms with Crippen molar-refractivity contribution in [2.75, 3.05) is 5.32 Å². The number of rotatable bonds is 3. The third-order valence-electron chi connectivity index (χ3n) is 4.68. The second-order valence-electron chi connectivity index (χ2n) is 6.61. The van der Waals surface area contributed by atoms with Crippen molar-refractivity contribution in [2.45, 2.75) is 0 Å². The standard InChI is InChI=1S/C23H14ClN3O2/c24-19-10-9-17(13-18(19)23-27-21-20(29-23)6-3-11-25-21)26-22(28)16-8-7-14-4-1-2-5-15(14)12-16/h1-13H,(H,26,28)/p+1. The molecule has 6 heteroatoms. The number of amides is 1. The van der Waals surface area contributed by atoms with E-state index in [1.165, 1.54) is 0 Å². The number of halogens is 1. The fourth-order valence-electron chi connectivity index (χ4n) is 3.23. The van der Waals surface area contributed by atoms with Crippen LogP contribution in [0.3, 0.4) is 0 Å². The van der Waals surface area contributed by atoms with Crippen LogP contribution >= 0.6 is 11.6 Å². The molecule has 2 heterocycles. The Balaban J connectivity index is 1.46. The fraction of sp³-hybridized carbons (Fsp3) is 0. The molecule has 0 spiro atoms. The van der Waals surface area contributed by atoms with Crippen molar-refractivity contribution in [3.63, 3.8) is 0 Å². The summed E-state index contributed by atoms with van der Waals surface area (Å²) in [5.74, 6) is 0.184. The average molecular weight is 401 g/mol. The number of pyridine rings is 1. The first kappa shape index (κ1) is 17.4. The predicted octanol–water partition coefficient (Wildman–Crippen LogP) is 5.37. The van der Waals surface area contributed by atoms with Crippen LogP contribution in [0.25, 0.3) is 33.5 Å². The molecule has 0 aliphatic heterocycles. The number of aromatic amines is 1. The molecule has 1 amide bonds. The van der Waals surface area contributed by atoms with Gasteiger partial charge in [-0.25, -0.2) is 4.98 Å². The summed E-state index contributed by atoms with van der Waals surface area (Å²) in [5, 5.41) is 5.51. The van der Waals surface area contributed by atoms with Gasteiger partial charge in [-0.05, 0) is 53.2 Å². The molecular formula is C23H15ClN3O2+. The molecule has 5 aromatic rings. The topological polar surface area (TPSA) is 69.3 Å². The lowest BCUT2D eigenvalue weighted by atomic mass is 10.1. The number of anilines is 1. The molecule has 0 atom stereocenters. The number of hydrogen-bond donors (Lipinski definition) is 1. The summed E-state index contributed by atoms with van der Waals surface area (Å²) in [6.07, 6.45) is 1.77. The van der Waals surface area contributed by atoms with Gasteiger partial charge >= 0.3 is 11.5 Å². The van der Waals surface area contributed by atoms with E-state index in [4.69, 9.17) is 16.0 Å². The lowest BCUT2D eigenvalue weighted by Gasteiger charge is -2.08. The van der Waals surface area contributed by atoms with Gasteiger partial charge in [-0.3, -0.25) is 4.79 Å². The third-order valence-corrected chi connectivity index (χ3v) is 5.01. The van der Waals surface area contributed by atoms with Crippen molar-refractivity contribution >= 4 is 45.2 Å². The number of nitrogens with zero attached hydrogens (tertiary/aromatic N) is 1. The van der Waals surface area contributed by atoms with Gasteiger partial charge in [0.05, 0.1) is 16.8 Å². The smallest absolute Gasteiger partial charge is 0.368 e. The zero-order valence-electron chi connectivity index (χ0n) is 15.1. The molecule has 0 saturated heterocycles. The lowest BCUT2D eigenvalue weighted by molar-refractivity contribution is -0.347. The number of oxazole rings is 1. The Morgan fingerprint density at radius 3 is 2.69 bits per heavy atom. The van der Waals surface area contributed by atoms with Crippen molar-refractivity contribution in [3.8, 4) is 11.5 Å². The van der Waals surface area contributed by atoms with Gasteiger partial charge in [-0.2, -0.15) is 0 Å². The molecule has 0 aliphatic rings. The van der Waals surface area contributed by atoms with Crippen molar-refractivity contribution in [1.82, 2.24) is 4.98 Å². The molecule has 0 bridgehead atoms. The van der Waals surface area contributed by atoms with Gasteiger partial charge in [0.2, 0.25) is 5.58 Å². The SMILES string of the molecule is O=C(Nc1ccc(Cl)c(-c2nc3[nH+]cccc3o2)c1)c1ccc2ccccc2c1. The summed E-state index contributed by atoms with van der Waals surface area (Å²) in [6.45, 7) is 0. The van der Waals surface area contributed by atoms with E-state index in [9.17, 15) is 4.79 Å². The van der Waals surface area contributed by atoms with E-state index < -0.39 is 0 Å². The Labute approximate surface area is 171 Å². The number of carbonyl (C=O) groups is 1. The van der Waals surface area contributed by atoms with Gasteiger partial charge in [-0.15, -0.1) is 0 Å². The number of carbonyl (C=O) groups excluding carboxylic acids is 1. The quantitative estimate of drug-likeness (QED) is 0.442. The normalized spacial score (nSPS) is 11.1. The van der Waals surface area contributed by atoms with Crippen LogP contribution in [0.15, 0.2) is 83.4 Å². The van der Waals surface area contributed by atoms with Crippen LogP contribution in [-0.2, 0) is 0 Å². The van der Waals surface area contributed by atoms with Crippen LogP contribution < -0.4 is 10.3 Å². The monoisotopic (exact) mass is 400 g/mol. The lowest BCUT2D eigenvalue weighted by Crippen LogP contribution is -2.11. The van der Waals surface area contributed by atoms with E-state index in [1.807, 2.05) is 54.6 Å². The Bertz CT molecular complexity index is 1340. The highest BCUT2D eigenvalue weighted by Gasteiger charge is 2.20. The minimum Gasteiger partial charge on any atom is -0.411 e. The van der Waals surface area contributed by atoms with E-state index in [0.29, 0.717) is 39.0 Å². The van der Waals surface area contributed by atoms with Gasteiger partial charge < -0.3 is 9.73 Å². The van der Waals surface area contributed by atoms with Crippen molar-refractivity contribution < 1.29 is 14.2 Å². The molecule has 0 aliphatic carbocycles. The molecule has 0 radical (unpaired) electrons. The Morgan fingerprint density at radius 1 is 0.966 bits per heavy atom. The molecule has 140 valence electrons. The maximum Gasteiger partial charge on any atom is 0.368 e. The minimum absolute atomic E-state index is 0.199. The summed E-state index contributed by atoms with van der Waals surface area (Å²) in [7, 11) is 0. The first-order valence-electron chi connectivity index (χ1n) is 9.05. The number of aromatic nitrogens is 2. The molecule has 0 saturated carbocycles. The molecule has 29 heavy (non-hydrogen) atoms. The number of hydrogen-bond acceptors (Lipinski definition) is 3. The maximum atomic E-state index is 12.7. The average Bonchev–Trinajstić information content (AvgIpc) is 3.18. The Kier molecular flexibility index (Phi) is 4.22. The van der Waals surface area contributed by atoms with Crippen LogP contribution in [0.5, 0.6) is 0 Å². The summed E-state index contributed by atoms with van der Waals surface area (Å²) < 4.78 is 5.79.